The van der Waals surface area contributed by atoms with E-state index in [-0.39, 0.29) is 12.5 Å². The molecule has 1 fully saturated rings. The molecule has 0 bridgehead atoms. The third kappa shape index (κ3) is 2.44. The predicted octanol–water partition coefficient (Wildman–Crippen LogP) is 1.64. The van der Waals surface area contributed by atoms with Crippen LogP contribution in [0.15, 0.2) is 30.3 Å². The van der Waals surface area contributed by atoms with Gasteiger partial charge >= 0.3 is 0 Å². The number of hydrogen-bond acceptors (Lipinski definition) is 4. The van der Waals surface area contributed by atoms with Gasteiger partial charge in [-0.15, -0.1) is 0 Å². The Morgan fingerprint density at radius 3 is 3.05 bits per heavy atom. The van der Waals surface area contributed by atoms with Gasteiger partial charge in [-0.2, -0.15) is 0 Å². The number of pyridine rings is 1. The van der Waals surface area contributed by atoms with E-state index in [0.717, 1.165) is 22.3 Å². The van der Waals surface area contributed by atoms with Gasteiger partial charge < -0.3 is 15.0 Å². The molecular formula is C15H17N3O2. The number of hydrogen-bond donors (Lipinski definition) is 1. The van der Waals surface area contributed by atoms with Crippen LogP contribution in [-0.4, -0.2) is 42.6 Å². The van der Waals surface area contributed by atoms with Gasteiger partial charge in [0.05, 0.1) is 12.1 Å². The zero-order valence-electron chi connectivity index (χ0n) is 11.4. The molecule has 1 aliphatic heterocycles. The molecule has 0 unspecified atom stereocenters. The predicted molar refractivity (Wildman–Crippen MR) is 77.5 cm³/mol. The number of aromatic nitrogens is 1. The number of nitrogens with one attached hydrogen (secondary N) is 1. The largest absolute Gasteiger partial charge is 0.373 e. The van der Waals surface area contributed by atoms with E-state index in [4.69, 9.17) is 4.74 Å². The monoisotopic (exact) mass is 271 g/mol. The Hall–Kier alpha value is -2.14. The number of nitrogens with zero attached hydrogens (tertiary/aromatic N) is 2. The quantitative estimate of drug-likeness (QED) is 0.922. The maximum atomic E-state index is 11.8. The van der Waals surface area contributed by atoms with Crippen LogP contribution in [0.25, 0.3) is 10.9 Å². The molecule has 1 aromatic carbocycles. The molecule has 0 aliphatic carbocycles. The highest BCUT2D eigenvalue weighted by molar-refractivity contribution is 5.82. The second-order valence-electron chi connectivity index (χ2n) is 4.81. The summed E-state index contributed by atoms with van der Waals surface area (Å²) in [6.07, 6.45) is 0. The number of morpholine rings is 1. The minimum atomic E-state index is 0.0338. The summed E-state index contributed by atoms with van der Waals surface area (Å²) in [7, 11) is 1.85. The van der Waals surface area contributed by atoms with Crippen LogP contribution in [-0.2, 0) is 16.1 Å². The lowest BCUT2D eigenvalue weighted by molar-refractivity contribution is -0.143. The number of benzene rings is 1. The van der Waals surface area contributed by atoms with Crippen LogP contribution in [0.3, 0.4) is 0 Å². The molecule has 0 spiro atoms. The Balaban J connectivity index is 1.94. The van der Waals surface area contributed by atoms with Crippen molar-refractivity contribution in [1.29, 1.82) is 0 Å². The maximum Gasteiger partial charge on any atom is 0.248 e. The first-order chi connectivity index (χ1) is 9.78. The minimum Gasteiger partial charge on any atom is -0.373 e. The number of ether oxygens (including phenoxy) is 1. The molecule has 1 aliphatic rings. The fourth-order valence-corrected chi connectivity index (χ4v) is 2.42. The van der Waals surface area contributed by atoms with Crippen molar-refractivity contribution in [2.24, 2.45) is 0 Å². The SMILES string of the molecule is CNc1nc2ccccc2cc1CN1CCOCC1=O. The van der Waals surface area contributed by atoms with Crippen LogP contribution in [0.1, 0.15) is 5.56 Å². The summed E-state index contributed by atoms with van der Waals surface area (Å²) in [6, 6.07) is 10.1. The number of fused-ring (bicyclic) bond motifs is 1. The first-order valence-corrected chi connectivity index (χ1v) is 6.70. The number of carbonyl (C=O) groups is 1. The highest BCUT2D eigenvalue weighted by atomic mass is 16.5. The van der Waals surface area contributed by atoms with Gasteiger partial charge in [0, 0.05) is 31.1 Å². The fraction of sp³-hybridized carbons (Fsp3) is 0.333. The molecule has 20 heavy (non-hydrogen) atoms. The van der Waals surface area contributed by atoms with E-state index < -0.39 is 0 Å². The maximum absolute atomic E-state index is 11.8. The lowest BCUT2D eigenvalue weighted by Gasteiger charge is -2.27. The highest BCUT2D eigenvalue weighted by Gasteiger charge is 2.20. The summed E-state index contributed by atoms with van der Waals surface area (Å²) in [4.78, 5) is 18.2. The Kier molecular flexibility index (Phi) is 3.52. The molecule has 1 aromatic heterocycles. The Labute approximate surface area is 117 Å². The summed E-state index contributed by atoms with van der Waals surface area (Å²) in [5.74, 6) is 0.856. The molecule has 1 saturated heterocycles. The Bertz CT molecular complexity index is 642. The molecule has 1 amide bonds. The van der Waals surface area contributed by atoms with Crippen molar-refractivity contribution >= 4 is 22.6 Å². The second-order valence-corrected chi connectivity index (χ2v) is 4.81. The average Bonchev–Trinajstić information content (AvgIpc) is 2.49. The van der Waals surface area contributed by atoms with Crippen molar-refractivity contribution in [3.63, 3.8) is 0 Å². The van der Waals surface area contributed by atoms with Gasteiger partial charge in [-0.3, -0.25) is 4.79 Å². The van der Waals surface area contributed by atoms with E-state index >= 15 is 0 Å². The molecule has 5 nitrogen and oxygen atoms in total. The number of rotatable bonds is 3. The zero-order valence-corrected chi connectivity index (χ0v) is 11.4. The number of anilines is 1. The minimum absolute atomic E-state index is 0.0338. The van der Waals surface area contributed by atoms with Gasteiger partial charge in [0.2, 0.25) is 5.91 Å². The van der Waals surface area contributed by atoms with Crippen LogP contribution in [0, 0.1) is 0 Å². The number of amides is 1. The third-order valence-corrected chi connectivity index (χ3v) is 3.48. The van der Waals surface area contributed by atoms with Crippen LogP contribution >= 0.6 is 0 Å². The van der Waals surface area contributed by atoms with E-state index in [1.165, 1.54) is 0 Å². The van der Waals surface area contributed by atoms with E-state index in [0.29, 0.717) is 19.7 Å². The van der Waals surface area contributed by atoms with Crippen molar-refractivity contribution < 1.29 is 9.53 Å². The van der Waals surface area contributed by atoms with Crippen LogP contribution in [0.5, 0.6) is 0 Å². The van der Waals surface area contributed by atoms with Crippen molar-refractivity contribution in [3.05, 3.63) is 35.9 Å². The molecule has 0 atom stereocenters. The molecule has 104 valence electrons. The molecule has 3 rings (SSSR count). The lowest BCUT2D eigenvalue weighted by atomic mass is 10.1. The lowest BCUT2D eigenvalue weighted by Crippen LogP contribution is -2.41. The summed E-state index contributed by atoms with van der Waals surface area (Å²) in [6.45, 7) is 1.97. The zero-order chi connectivity index (χ0) is 13.9. The number of para-hydroxylation sites is 1. The van der Waals surface area contributed by atoms with Gasteiger partial charge in [-0.05, 0) is 12.1 Å². The average molecular weight is 271 g/mol. The summed E-state index contributed by atoms with van der Waals surface area (Å²) in [5.41, 5.74) is 1.98. The van der Waals surface area contributed by atoms with Crippen LogP contribution in [0.2, 0.25) is 0 Å². The van der Waals surface area contributed by atoms with Crippen molar-refractivity contribution in [3.8, 4) is 0 Å². The van der Waals surface area contributed by atoms with Crippen LogP contribution < -0.4 is 5.32 Å². The van der Waals surface area contributed by atoms with Gasteiger partial charge in [0.25, 0.3) is 0 Å². The summed E-state index contributed by atoms with van der Waals surface area (Å²) >= 11 is 0. The molecule has 0 radical (unpaired) electrons. The first-order valence-electron chi connectivity index (χ1n) is 6.70. The molecule has 0 saturated carbocycles. The van der Waals surface area contributed by atoms with Crippen molar-refractivity contribution in [2.45, 2.75) is 6.54 Å². The second kappa shape index (κ2) is 5.46. The van der Waals surface area contributed by atoms with E-state index in [1.54, 1.807) is 0 Å². The fourth-order valence-electron chi connectivity index (χ4n) is 2.42. The van der Waals surface area contributed by atoms with Gasteiger partial charge in [0.1, 0.15) is 12.4 Å². The Morgan fingerprint density at radius 1 is 1.40 bits per heavy atom. The molecule has 2 aromatic rings. The Morgan fingerprint density at radius 2 is 2.25 bits per heavy atom. The van der Waals surface area contributed by atoms with E-state index in [1.807, 2.05) is 36.2 Å². The van der Waals surface area contributed by atoms with Gasteiger partial charge in [0.15, 0.2) is 0 Å². The third-order valence-electron chi connectivity index (χ3n) is 3.48. The summed E-state index contributed by atoms with van der Waals surface area (Å²) < 4.78 is 5.15. The van der Waals surface area contributed by atoms with Gasteiger partial charge in [-0.25, -0.2) is 4.98 Å². The molecule has 1 N–H and O–H groups in total. The summed E-state index contributed by atoms with van der Waals surface area (Å²) in [5, 5.41) is 4.20. The topological polar surface area (TPSA) is 54.5 Å². The normalized spacial score (nSPS) is 15.7. The molecule has 5 heteroatoms. The van der Waals surface area contributed by atoms with E-state index in [9.17, 15) is 4.79 Å². The standard InChI is InChI=1S/C15H17N3O2/c1-16-15-12(9-18-6-7-20-10-14(18)19)8-11-4-2-3-5-13(11)17-15/h2-5,8H,6-7,9-10H2,1H3,(H,16,17). The van der Waals surface area contributed by atoms with Crippen molar-refractivity contribution in [1.82, 2.24) is 9.88 Å². The van der Waals surface area contributed by atoms with Gasteiger partial charge in [-0.1, -0.05) is 18.2 Å². The van der Waals surface area contributed by atoms with Crippen molar-refractivity contribution in [2.75, 3.05) is 32.1 Å². The van der Waals surface area contributed by atoms with Crippen LogP contribution in [0.4, 0.5) is 5.82 Å². The molecular weight excluding hydrogens is 254 g/mol. The number of carbonyl (C=O) groups excluding carboxylic acids is 1. The first kappa shape index (κ1) is 12.9. The molecule has 2 heterocycles. The van der Waals surface area contributed by atoms with E-state index in [2.05, 4.69) is 16.4 Å². The smallest absolute Gasteiger partial charge is 0.248 e. The highest BCUT2D eigenvalue weighted by Crippen LogP contribution is 2.22.